The molecule has 0 aliphatic heterocycles. The first kappa shape index (κ1) is 24.2. The third kappa shape index (κ3) is 6.57. The molecule has 1 unspecified atom stereocenters. The Morgan fingerprint density at radius 3 is 2.64 bits per heavy atom. The third-order valence-electron chi connectivity index (χ3n) is 6.58. The molecule has 6 nitrogen and oxygen atoms in total. The van der Waals surface area contributed by atoms with E-state index in [1.807, 2.05) is 6.07 Å². The normalized spacial score (nSPS) is 22.6. The molecule has 33 heavy (non-hydrogen) atoms. The number of halogens is 2. The molecule has 1 aromatic heterocycles. The summed E-state index contributed by atoms with van der Waals surface area (Å²) in [4.78, 5) is 4.47. The first-order chi connectivity index (χ1) is 15.8. The maximum atomic E-state index is 14.3. The number of nitrogens with zero attached hydrogens (tertiary/aromatic N) is 1. The molecule has 0 saturated heterocycles. The van der Waals surface area contributed by atoms with Crippen LogP contribution in [0.4, 0.5) is 15.9 Å². The van der Waals surface area contributed by atoms with E-state index in [1.54, 1.807) is 25.4 Å². The summed E-state index contributed by atoms with van der Waals surface area (Å²) >= 11 is 6.46. The molecule has 0 radical (unpaired) electrons. The number of pyridine rings is 1. The quantitative estimate of drug-likeness (QED) is 0.393. The Morgan fingerprint density at radius 1 is 1.21 bits per heavy atom. The molecule has 8 heteroatoms. The van der Waals surface area contributed by atoms with Crippen molar-refractivity contribution in [3.63, 3.8) is 0 Å². The van der Waals surface area contributed by atoms with Gasteiger partial charge in [-0.3, -0.25) is 0 Å². The van der Waals surface area contributed by atoms with Gasteiger partial charge in [0.1, 0.15) is 11.6 Å². The second kappa shape index (κ2) is 10.6. The van der Waals surface area contributed by atoms with Crippen molar-refractivity contribution in [2.24, 2.45) is 0 Å². The van der Waals surface area contributed by atoms with Crippen LogP contribution < -0.4 is 16.0 Å². The van der Waals surface area contributed by atoms with Gasteiger partial charge in [-0.2, -0.15) is 0 Å². The zero-order valence-electron chi connectivity index (χ0n) is 19.3. The van der Waals surface area contributed by atoms with Gasteiger partial charge in [0.05, 0.1) is 22.9 Å². The molecule has 4 rings (SSSR count). The number of ether oxygens (including phenoxy) is 1. The fourth-order valence-electron chi connectivity index (χ4n) is 4.46. The largest absolute Gasteiger partial charge is 0.388 e. The molecule has 0 amide bonds. The van der Waals surface area contributed by atoms with Crippen LogP contribution in [-0.2, 0) is 4.74 Å². The van der Waals surface area contributed by atoms with Gasteiger partial charge in [0.2, 0.25) is 0 Å². The molecule has 2 aromatic rings. The number of aliphatic hydroxyl groups is 1. The van der Waals surface area contributed by atoms with Crippen LogP contribution in [0.15, 0.2) is 30.5 Å². The minimum absolute atomic E-state index is 0.339. The number of nitrogens with one attached hydrogen (secondary N) is 3. The Morgan fingerprint density at radius 2 is 1.94 bits per heavy atom. The maximum Gasteiger partial charge on any atom is 0.146 e. The molecule has 2 fully saturated rings. The zero-order valence-corrected chi connectivity index (χ0v) is 20.1. The number of aromatic nitrogens is 1. The second-order valence-corrected chi connectivity index (χ2v) is 9.95. The summed E-state index contributed by atoms with van der Waals surface area (Å²) in [6, 6.07) is 8.04. The predicted octanol–water partition coefficient (Wildman–Crippen LogP) is 4.83. The Hall–Kier alpha value is -1.93. The second-order valence-electron chi connectivity index (χ2n) is 9.54. The van der Waals surface area contributed by atoms with E-state index in [0.29, 0.717) is 35.4 Å². The van der Waals surface area contributed by atoms with Gasteiger partial charge < -0.3 is 25.8 Å². The van der Waals surface area contributed by atoms with Gasteiger partial charge in [-0.1, -0.05) is 17.7 Å². The van der Waals surface area contributed by atoms with Crippen molar-refractivity contribution in [2.75, 3.05) is 30.9 Å². The number of hydrogen-bond acceptors (Lipinski definition) is 6. The number of rotatable bonds is 10. The van der Waals surface area contributed by atoms with Crippen LogP contribution in [0, 0.1) is 5.82 Å². The van der Waals surface area contributed by atoms with Crippen LogP contribution >= 0.6 is 11.6 Å². The van der Waals surface area contributed by atoms with Gasteiger partial charge in [-0.05, 0) is 69.2 Å². The fraction of sp³-hybridized carbons (Fsp3) is 0.560. The fourth-order valence-corrected chi connectivity index (χ4v) is 4.67. The molecular weight excluding hydrogens is 443 g/mol. The van der Waals surface area contributed by atoms with E-state index in [0.717, 1.165) is 62.1 Å². The third-order valence-corrected chi connectivity index (χ3v) is 6.89. The number of anilines is 2. The first-order valence-electron chi connectivity index (χ1n) is 11.8. The summed E-state index contributed by atoms with van der Waals surface area (Å²) in [5, 5.41) is 20.8. The van der Waals surface area contributed by atoms with E-state index < -0.39 is 5.60 Å². The van der Waals surface area contributed by atoms with Crippen LogP contribution in [0.3, 0.4) is 0 Å². The molecule has 1 aromatic carbocycles. The van der Waals surface area contributed by atoms with Crippen LogP contribution in [0.2, 0.25) is 5.02 Å². The maximum absolute atomic E-state index is 14.3. The molecular formula is C25H34ClFN4O2. The average molecular weight is 477 g/mol. The summed E-state index contributed by atoms with van der Waals surface area (Å²) in [5.74, 6) is 0.418. The highest BCUT2D eigenvalue weighted by Gasteiger charge is 2.40. The molecule has 180 valence electrons. The van der Waals surface area contributed by atoms with Crippen molar-refractivity contribution in [1.29, 1.82) is 0 Å². The lowest BCUT2D eigenvalue weighted by Crippen LogP contribution is -2.42. The minimum Gasteiger partial charge on any atom is -0.388 e. The van der Waals surface area contributed by atoms with Gasteiger partial charge in [0.25, 0.3) is 0 Å². The van der Waals surface area contributed by atoms with Crippen LogP contribution in [-0.4, -0.2) is 54.1 Å². The highest BCUT2D eigenvalue weighted by Crippen LogP contribution is 2.36. The van der Waals surface area contributed by atoms with Crippen molar-refractivity contribution >= 4 is 23.1 Å². The Kier molecular flexibility index (Phi) is 7.74. The summed E-state index contributed by atoms with van der Waals surface area (Å²) in [6.45, 7) is 3.21. The summed E-state index contributed by atoms with van der Waals surface area (Å²) in [5.41, 5.74) is 1.26. The summed E-state index contributed by atoms with van der Waals surface area (Å²) < 4.78 is 19.5. The Labute approximate surface area is 200 Å². The molecule has 2 aliphatic rings. The molecule has 2 saturated carbocycles. The summed E-state index contributed by atoms with van der Waals surface area (Å²) in [7, 11) is 1.73. The highest BCUT2D eigenvalue weighted by molar-refractivity contribution is 6.33. The lowest BCUT2D eigenvalue weighted by Gasteiger charge is -2.32. The van der Waals surface area contributed by atoms with Crippen molar-refractivity contribution in [3.05, 3.63) is 41.3 Å². The zero-order chi connectivity index (χ0) is 23.4. The molecule has 0 bridgehead atoms. The van der Waals surface area contributed by atoms with Crippen molar-refractivity contribution < 1.29 is 14.2 Å². The predicted molar refractivity (Wildman–Crippen MR) is 131 cm³/mol. The minimum atomic E-state index is -0.704. The van der Waals surface area contributed by atoms with E-state index in [-0.39, 0.29) is 5.82 Å². The van der Waals surface area contributed by atoms with Gasteiger partial charge >= 0.3 is 0 Å². The van der Waals surface area contributed by atoms with E-state index in [4.69, 9.17) is 16.3 Å². The Bertz CT molecular complexity index is 948. The van der Waals surface area contributed by atoms with Crippen molar-refractivity contribution in [1.82, 2.24) is 10.3 Å². The summed E-state index contributed by atoms with van der Waals surface area (Å²) in [6.07, 6.45) is 7.46. The number of benzene rings is 1. The first-order valence-corrected chi connectivity index (χ1v) is 12.2. The lowest BCUT2D eigenvalue weighted by atomic mass is 9.90. The number of hydrogen-bond donors (Lipinski definition) is 4. The number of methoxy groups -OCH3 is 1. The highest BCUT2D eigenvalue weighted by atomic mass is 35.5. The Balaban J connectivity index is 1.39. The molecule has 2 aliphatic carbocycles. The van der Waals surface area contributed by atoms with Crippen LogP contribution in [0.1, 0.15) is 45.4 Å². The molecule has 0 spiro atoms. The van der Waals surface area contributed by atoms with Crippen LogP contribution in [0.5, 0.6) is 0 Å². The molecule has 4 N–H and O–H groups in total. The van der Waals surface area contributed by atoms with Crippen molar-refractivity contribution in [3.8, 4) is 11.1 Å². The lowest BCUT2D eigenvalue weighted by molar-refractivity contribution is 0.161. The molecule has 1 atom stereocenters. The van der Waals surface area contributed by atoms with Gasteiger partial charge in [-0.15, -0.1) is 0 Å². The van der Waals surface area contributed by atoms with Gasteiger partial charge in [0, 0.05) is 43.5 Å². The van der Waals surface area contributed by atoms with E-state index in [2.05, 4.69) is 27.9 Å². The van der Waals surface area contributed by atoms with E-state index >= 15 is 0 Å². The monoisotopic (exact) mass is 476 g/mol. The van der Waals surface area contributed by atoms with Crippen molar-refractivity contribution in [2.45, 2.75) is 69.2 Å². The van der Waals surface area contributed by atoms with Crippen LogP contribution in [0.25, 0.3) is 11.1 Å². The standard InChI is InChI=1S/C25H34ClFN4O2/c1-16(14-33-2)30-18-4-6-19(7-5-18)31-24-12-20(21(26)13-28-24)17-3-8-22(27)23(11-17)29-15-25(32)9-10-25/h3,8,11-13,16,18-19,29-30,32H,4-7,9-10,14-15H2,1-2H3,(H,28,31). The molecule has 1 heterocycles. The van der Waals surface area contributed by atoms with E-state index in [1.165, 1.54) is 6.07 Å². The topological polar surface area (TPSA) is 78.4 Å². The average Bonchev–Trinajstić information content (AvgIpc) is 3.53. The van der Waals surface area contributed by atoms with E-state index in [9.17, 15) is 9.50 Å². The van der Waals surface area contributed by atoms with Gasteiger partial charge in [0.15, 0.2) is 0 Å². The van der Waals surface area contributed by atoms with Gasteiger partial charge in [-0.25, -0.2) is 9.37 Å². The smallest absolute Gasteiger partial charge is 0.146 e. The SMILES string of the molecule is COCC(C)NC1CCC(Nc2cc(-c3ccc(F)c(NCC4(O)CC4)c3)c(Cl)cn2)CC1.